The van der Waals surface area contributed by atoms with E-state index in [1.165, 1.54) is 19.4 Å². The lowest BCUT2D eigenvalue weighted by Gasteiger charge is -2.43. The van der Waals surface area contributed by atoms with Crippen LogP contribution in [0.2, 0.25) is 0 Å². The molecule has 3 nitrogen and oxygen atoms in total. The molecule has 1 aliphatic heterocycles. The molecule has 0 bridgehead atoms. The maximum atomic E-state index is 5.89. The molecule has 0 aromatic heterocycles. The number of piperidine rings is 1. The van der Waals surface area contributed by atoms with Gasteiger partial charge in [-0.15, -0.1) is 0 Å². The van der Waals surface area contributed by atoms with Crippen molar-refractivity contribution >= 4 is 0 Å². The molecule has 1 aliphatic rings. The minimum absolute atomic E-state index is 0.254. The van der Waals surface area contributed by atoms with Gasteiger partial charge in [0.05, 0.1) is 6.10 Å². The van der Waals surface area contributed by atoms with Crippen LogP contribution < -0.4 is 5.73 Å². The predicted molar refractivity (Wildman–Crippen MR) is 63.9 cm³/mol. The summed E-state index contributed by atoms with van der Waals surface area (Å²) in [4.78, 5) is 2.50. The van der Waals surface area contributed by atoms with E-state index in [9.17, 15) is 0 Å². The van der Waals surface area contributed by atoms with Crippen molar-refractivity contribution in [1.82, 2.24) is 4.90 Å². The molecule has 3 heteroatoms. The molecule has 2 atom stereocenters. The fraction of sp³-hybridized carbons (Fsp3) is 1.00. The van der Waals surface area contributed by atoms with Gasteiger partial charge in [-0.1, -0.05) is 20.8 Å². The van der Waals surface area contributed by atoms with Crippen LogP contribution in [-0.2, 0) is 4.74 Å². The molecule has 0 amide bonds. The predicted octanol–water partition coefficient (Wildman–Crippen LogP) is 1.47. The van der Waals surface area contributed by atoms with Crippen molar-refractivity contribution in [2.75, 3.05) is 26.7 Å². The number of nitrogens with two attached hydrogens (primary N) is 1. The normalized spacial score (nSPS) is 26.6. The van der Waals surface area contributed by atoms with Gasteiger partial charge in [0.15, 0.2) is 0 Å². The Bertz CT molecular complexity index is 189. The fourth-order valence-corrected chi connectivity index (χ4v) is 2.49. The molecule has 0 aliphatic carbocycles. The van der Waals surface area contributed by atoms with Crippen molar-refractivity contribution in [3.63, 3.8) is 0 Å². The Kier molecular flexibility index (Phi) is 4.56. The number of likely N-dealkylation sites (tertiary alicyclic amines) is 1. The van der Waals surface area contributed by atoms with E-state index < -0.39 is 0 Å². The summed E-state index contributed by atoms with van der Waals surface area (Å²) in [6, 6.07) is 0.468. The lowest BCUT2D eigenvalue weighted by Crippen LogP contribution is -2.53. The first-order valence-electron chi connectivity index (χ1n) is 5.96. The molecular weight excluding hydrogens is 188 g/mol. The van der Waals surface area contributed by atoms with E-state index in [0.29, 0.717) is 12.1 Å². The molecule has 1 rings (SSSR count). The monoisotopic (exact) mass is 214 g/mol. The van der Waals surface area contributed by atoms with Crippen molar-refractivity contribution in [2.24, 2.45) is 11.1 Å². The van der Waals surface area contributed by atoms with Crippen LogP contribution in [0.5, 0.6) is 0 Å². The van der Waals surface area contributed by atoms with Gasteiger partial charge >= 0.3 is 0 Å². The topological polar surface area (TPSA) is 38.5 Å². The first kappa shape index (κ1) is 12.9. The number of nitrogens with zero attached hydrogens (tertiary/aromatic N) is 1. The van der Waals surface area contributed by atoms with E-state index in [4.69, 9.17) is 10.5 Å². The molecule has 2 unspecified atom stereocenters. The van der Waals surface area contributed by atoms with Crippen LogP contribution in [-0.4, -0.2) is 43.8 Å². The van der Waals surface area contributed by atoms with Crippen LogP contribution >= 0.6 is 0 Å². The molecule has 1 heterocycles. The van der Waals surface area contributed by atoms with Gasteiger partial charge < -0.3 is 10.5 Å². The second-order valence-electron chi connectivity index (χ2n) is 5.61. The lowest BCUT2D eigenvalue weighted by atomic mass is 9.84. The van der Waals surface area contributed by atoms with E-state index in [0.717, 1.165) is 13.1 Å². The third-order valence-corrected chi connectivity index (χ3v) is 3.41. The zero-order valence-corrected chi connectivity index (χ0v) is 10.6. The highest BCUT2D eigenvalue weighted by molar-refractivity contribution is 4.87. The Labute approximate surface area is 94.0 Å². The van der Waals surface area contributed by atoms with Gasteiger partial charge in [-0.3, -0.25) is 4.90 Å². The van der Waals surface area contributed by atoms with Crippen LogP contribution in [0.3, 0.4) is 0 Å². The minimum Gasteiger partial charge on any atom is -0.380 e. The van der Waals surface area contributed by atoms with Gasteiger partial charge in [0.1, 0.15) is 0 Å². The summed E-state index contributed by atoms with van der Waals surface area (Å²) in [6.07, 6.45) is 2.81. The molecule has 90 valence electrons. The summed E-state index contributed by atoms with van der Waals surface area (Å²) < 4.78 is 5.45. The van der Waals surface area contributed by atoms with Gasteiger partial charge in [-0.25, -0.2) is 0 Å². The highest BCUT2D eigenvalue weighted by Gasteiger charge is 2.32. The molecule has 15 heavy (non-hydrogen) atoms. The van der Waals surface area contributed by atoms with Crippen molar-refractivity contribution in [2.45, 2.75) is 45.8 Å². The first-order chi connectivity index (χ1) is 6.99. The standard InChI is InChI=1S/C12H26N2O/c1-12(2,3)11(8-13)14-7-5-6-10(9-14)15-4/h10-11H,5-9,13H2,1-4H3. The van der Waals surface area contributed by atoms with Gasteiger partial charge in [0.25, 0.3) is 0 Å². The van der Waals surface area contributed by atoms with E-state index in [2.05, 4.69) is 25.7 Å². The maximum Gasteiger partial charge on any atom is 0.0698 e. The SMILES string of the molecule is COC1CCCN(C(CN)C(C)(C)C)C1. The minimum atomic E-state index is 0.254. The average Bonchev–Trinajstić information content (AvgIpc) is 2.17. The van der Waals surface area contributed by atoms with E-state index in [1.54, 1.807) is 0 Å². The summed E-state index contributed by atoms with van der Waals surface area (Å²) in [6.45, 7) is 9.73. The van der Waals surface area contributed by atoms with Crippen molar-refractivity contribution < 1.29 is 4.74 Å². The van der Waals surface area contributed by atoms with Gasteiger partial charge in [0.2, 0.25) is 0 Å². The lowest BCUT2D eigenvalue weighted by molar-refractivity contribution is -0.00619. The summed E-state index contributed by atoms with van der Waals surface area (Å²) in [5.74, 6) is 0. The Hall–Kier alpha value is -0.120. The molecule has 1 fully saturated rings. The van der Waals surface area contributed by atoms with Crippen LogP contribution in [0.1, 0.15) is 33.6 Å². The molecule has 0 aromatic rings. The highest BCUT2D eigenvalue weighted by Crippen LogP contribution is 2.26. The second kappa shape index (κ2) is 5.28. The zero-order chi connectivity index (χ0) is 11.5. The molecule has 0 spiro atoms. The average molecular weight is 214 g/mol. The Morgan fingerprint density at radius 3 is 2.60 bits per heavy atom. The van der Waals surface area contributed by atoms with Crippen LogP contribution in [0, 0.1) is 5.41 Å². The molecule has 0 saturated carbocycles. The van der Waals surface area contributed by atoms with Crippen LogP contribution in [0.25, 0.3) is 0 Å². The van der Waals surface area contributed by atoms with E-state index in [1.807, 2.05) is 7.11 Å². The molecular formula is C12H26N2O. The van der Waals surface area contributed by atoms with Gasteiger partial charge in [-0.05, 0) is 24.8 Å². The zero-order valence-electron chi connectivity index (χ0n) is 10.6. The Balaban J connectivity index is 2.60. The largest absolute Gasteiger partial charge is 0.380 e. The number of hydrogen-bond acceptors (Lipinski definition) is 3. The molecule has 0 radical (unpaired) electrons. The van der Waals surface area contributed by atoms with Crippen LogP contribution in [0.15, 0.2) is 0 Å². The van der Waals surface area contributed by atoms with Crippen LogP contribution in [0.4, 0.5) is 0 Å². The van der Waals surface area contributed by atoms with Crippen molar-refractivity contribution in [1.29, 1.82) is 0 Å². The smallest absolute Gasteiger partial charge is 0.0698 e. The third-order valence-electron chi connectivity index (χ3n) is 3.41. The van der Waals surface area contributed by atoms with Crippen molar-refractivity contribution in [3.05, 3.63) is 0 Å². The summed E-state index contributed by atoms with van der Waals surface area (Å²) in [5.41, 5.74) is 6.15. The summed E-state index contributed by atoms with van der Waals surface area (Å²) >= 11 is 0. The highest BCUT2D eigenvalue weighted by atomic mass is 16.5. The number of rotatable bonds is 3. The first-order valence-corrected chi connectivity index (χ1v) is 5.96. The van der Waals surface area contributed by atoms with E-state index >= 15 is 0 Å². The maximum absolute atomic E-state index is 5.89. The number of methoxy groups -OCH3 is 1. The van der Waals surface area contributed by atoms with E-state index in [-0.39, 0.29) is 5.41 Å². The van der Waals surface area contributed by atoms with Crippen molar-refractivity contribution in [3.8, 4) is 0 Å². The van der Waals surface area contributed by atoms with Gasteiger partial charge in [-0.2, -0.15) is 0 Å². The van der Waals surface area contributed by atoms with Gasteiger partial charge in [0, 0.05) is 26.2 Å². The fourth-order valence-electron chi connectivity index (χ4n) is 2.49. The molecule has 0 aromatic carbocycles. The number of hydrogen-bond donors (Lipinski definition) is 1. The Morgan fingerprint density at radius 1 is 1.47 bits per heavy atom. The number of ether oxygens (including phenoxy) is 1. The second-order valence-corrected chi connectivity index (χ2v) is 5.61. The summed E-state index contributed by atoms with van der Waals surface area (Å²) in [5, 5.41) is 0. The quantitative estimate of drug-likeness (QED) is 0.773. The summed E-state index contributed by atoms with van der Waals surface area (Å²) in [7, 11) is 1.81. The molecule has 1 saturated heterocycles. The third kappa shape index (κ3) is 3.44. The molecule has 2 N–H and O–H groups in total. The Morgan fingerprint density at radius 2 is 2.13 bits per heavy atom.